The van der Waals surface area contributed by atoms with Gasteiger partial charge in [0, 0.05) is 5.41 Å². The molecule has 0 radical (unpaired) electrons. The normalized spacial score (nSPS) is 12.3. The van der Waals surface area contributed by atoms with Crippen LogP contribution < -0.4 is 14.6 Å². The molecular weight excluding hydrogens is 414 g/mol. The van der Waals surface area contributed by atoms with Gasteiger partial charge < -0.3 is 9.47 Å². The van der Waals surface area contributed by atoms with Crippen molar-refractivity contribution in [3.8, 4) is 11.5 Å². The molecule has 0 aliphatic carbocycles. The summed E-state index contributed by atoms with van der Waals surface area (Å²) in [7, 11) is -1.96. The smallest absolute Gasteiger partial charge is 0.209 e. The van der Waals surface area contributed by atoms with Gasteiger partial charge in [0.1, 0.15) is 11.5 Å². The molecule has 0 amide bonds. The molecule has 8 heteroatoms. The number of primary sulfonamides is 1. The Bertz CT molecular complexity index is 587. The number of nitrogens with two attached hydrogens (primary N) is 1. The molecule has 114 valence electrons. The lowest BCUT2D eigenvalue weighted by molar-refractivity contribution is 0.198. The van der Waals surface area contributed by atoms with E-state index in [1.165, 1.54) is 0 Å². The van der Waals surface area contributed by atoms with Gasteiger partial charge in [0.15, 0.2) is 0 Å². The number of halogens is 2. The van der Waals surface area contributed by atoms with E-state index < -0.39 is 15.4 Å². The summed E-state index contributed by atoms with van der Waals surface area (Å²) in [5.41, 5.74) is -0.584. The van der Waals surface area contributed by atoms with Crippen LogP contribution in [0.3, 0.4) is 0 Å². The summed E-state index contributed by atoms with van der Waals surface area (Å²) in [5, 5.41) is 5.07. The second kappa shape index (κ2) is 6.64. The van der Waals surface area contributed by atoms with Crippen molar-refractivity contribution in [1.29, 1.82) is 0 Å². The van der Waals surface area contributed by atoms with E-state index in [1.54, 1.807) is 33.1 Å². The molecule has 5 nitrogen and oxygen atoms in total. The van der Waals surface area contributed by atoms with Crippen LogP contribution in [-0.2, 0) is 10.0 Å². The Morgan fingerprint density at radius 3 is 2.20 bits per heavy atom. The number of ether oxygens (including phenoxy) is 2. The number of hydrogen-bond acceptors (Lipinski definition) is 4. The van der Waals surface area contributed by atoms with Gasteiger partial charge in [0.2, 0.25) is 10.0 Å². The van der Waals surface area contributed by atoms with E-state index in [1.807, 2.05) is 0 Å². The van der Waals surface area contributed by atoms with Crippen molar-refractivity contribution in [1.82, 2.24) is 0 Å². The third-order valence-electron chi connectivity index (χ3n) is 2.42. The standard InChI is InChI=1S/C12H17Br2NO4S/c1-12(2,7-20(15,16)17)6-19-11-5-8(13)10(18-3)4-9(11)14/h4-5H,6-7H2,1-3H3,(H2,15,16,17). The minimum atomic E-state index is -3.54. The molecule has 1 aromatic rings. The molecule has 0 aliphatic heterocycles. The van der Waals surface area contributed by atoms with E-state index in [4.69, 9.17) is 14.6 Å². The molecule has 0 heterocycles. The van der Waals surface area contributed by atoms with E-state index >= 15 is 0 Å². The number of rotatable bonds is 6. The van der Waals surface area contributed by atoms with Crippen LogP contribution in [-0.4, -0.2) is 27.9 Å². The fraction of sp³-hybridized carbons (Fsp3) is 0.500. The zero-order valence-electron chi connectivity index (χ0n) is 11.4. The van der Waals surface area contributed by atoms with E-state index in [9.17, 15) is 8.42 Å². The average molecular weight is 431 g/mol. The summed E-state index contributed by atoms with van der Waals surface area (Å²) in [6.45, 7) is 3.79. The van der Waals surface area contributed by atoms with Gasteiger partial charge in [-0.3, -0.25) is 0 Å². The third kappa shape index (κ3) is 5.59. The molecule has 1 aromatic carbocycles. The molecule has 0 aliphatic rings. The maximum atomic E-state index is 11.2. The number of hydrogen-bond donors (Lipinski definition) is 1. The SMILES string of the molecule is COc1cc(Br)c(OCC(C)(C)CS(N)(=O)=O)cc1Br. The molecule has 0 saturated heterocycles. The van der Waals surface area contributed by atoms with E-state index in [-0.39, 0.29) is 12.4 Å². The predicted octanol–water partition coefficient (Wildman–Crippen LogP) is 2.91. The van der Waals surface area contributed by atoms with Crippen molar-refractivity contribution < 1.29 is 17.9 Å². The Kier molecular flexibility index (Phi) is 5.89. The molecule has 0 aromatic heterocycles. The lowest BCUT2D eigenvalue weighted by Gasteiger charge is -2.24. The topological polar surface area (TPSA) is 78.6 Å². The third-order valence-corrected chi connectivity index (χ3v) is 4.84. The van der Waals surface area contributed by atoms with Gasteiger partial charge in [-0.15, -0.1) is 0 Å². The molecule has 20 heavy (non-hydrogen) atoms. The highest BCUT2D eigenvalue weighted by molar-refractivity contribution is 9.11. The molecule has 2 N–H and O–H groups in total. The number of benzene rings is 1. The fourth-order valence-electron chi connectivity index (χ4n) is 1.64. The number of sulfonamides is 1. The quantitative estimate of drug-likeness (QED) is 0.752. The summed E-state index contributed by atoms with van der Waals surface area (Å²) in [4.78, 5) is 0. The van der Waals surface area contributed by atoms with Crippen LogP contribution in [0.1, 0.15) is 13.8 Å². The molecule has 1 rings (SSSR count). The summed E-state index contributed by atoms with van der Waals surface area (Å²) >= 11 is 6.75. The Morgan fingerprint density at radius 2 is 1.70 bits per heavy atom. The lowest BCUT2D eigenvalue weighted by Crippen LogP contribution is -2.33. The maximum Gasteiger partial charge on any atom is 0.209 e. The summed E-state index contributed by atoms with van der Waals surface area (Å²) < 4.78 is 34.6. The molecular formula is C12H17Br2NO4S. The van der Waals surface area contributed by atoms with Crippen LogP contribution in [0.2, 0.25) is 0 Å². The molecule has 0 saturated carbocycles. The first-order valence-corrected chi connectivity index (χ1v) is 9.00. The maximum absolute atomic E-state index is 11.2. The average Bonchev–Trinajstić information content (AvgIpc) is 2.26. The minimum absolute atomic E-state index is 0.144. The fourth-order valence-corrected chi connectivity index (χ4v) is 3.73. The number of methoxy groups -OCH3 is 1. The van der Waals surface area contributed by atoms with Gasteiger partial charge >= 0.3 is 0 Å². The Morgan fingerprint density at radius 1 is 1.20 bits per heavy atom. The van der Waals surface area contributed by atoms with Gasteiger partial charge in [-0.1, -0.05) is 13.8 Å². The zero-order chi connectivity index (χ0) is 15.6. The van der Waals surface area contributed by atoms with Crippen molar-refractivity contribution in [2.45, 2.75) is 13.8 Å². The van der Waals surface area contributed by atoms with E-state index in [2.05, 4.69) is 31.9 Å². The summed E-state index contributed by atoms with van der Waals surface area (Å²) in [6, 6.07) is 3.53. The minimum Gasteiger partial charge on any atom is -0.496 e. The van der Waals surface area contributed by atoms with Gasteiger partial charge in [0.05, 0.1) is 28.4 Å². The van der Waals surface area contributed by atoms with Crippen LogP contribution >= 0.6 is 31.9 Å². The molecule has 0 fully saturated rings. The highest BCUT2D eigenvalue weighted by Crippen LogP contribution is 2.36. The predicted molar refractivity (Wildman–Crippen MR) is 85.6 cm³/mol. The van der Waals surface area contributed by atoms with Gasteiger partial charge in [-0.25, -0.2) is 13.6 Å². The van der Waals surface area contributed by atoms with Crippen LogP contribution in [0.15, 0.2) is 21.1 Å². The van der Waals surface area contributed by atoms with Crippen LogP contribution in [0.5, 0.6) is 11.5 Å². The van der Waals surface area contributed by atoms with Crippen LogP contribution in [0.4, 0.5) is 0 Å². The molecule has 0 bridgehead atoms. The van der Waals surface area contributed by atoms with Gasteiger partial charge in [-0.2, -0.15) is 0 Å². The lowest BCUT2D eigenvalue weighted by atomic mass is 9.98. The Hall–Kier alpha value is -0.310. The zero-order valence-corrected chi connectivity index (χ0v) is 15.4. The van der Waals surface area contributed by atoms with Crippen LogP contribution in [0.25, 0.3) is 0 Å². The van der Waals surface area contributed by atoms with Crippen molar-refractivity contribution in [3.63, 3.8) is 0 Å². The molecule has 0 spiro atoms. The van der Waals surface area contributed by atoms with E-state index in [0.717, 1.165) is 8.95 Å². The van der Waals surface area contributed by atoms with E-state index in [0.29, 0.717) is 11.5 Å². The first kappa shape index (κ1) is 17.7. The second-order valence-corrected chi connectivity index (χ2v) is 8.50. The monoisotopic (exact) mass is 429 g/mol. The van der Waals surface area contributed by atoms with Crippen molar-refractivity contribution in [2.75, 3.05) is 19.5 Å². The highest BCUT2D eigenvalue weighted by Gasteiger charge is 2.25. The molecule has 0 atom stereocenters. The van der Waals surface area contributed by atoms with Gasteiger partial charge in [-0.05, 0) is 44.0 Å². The first-order chi connectivity index (χ1) is 9.04. The summed E-state index contributed by atoms with van der Waals surface area (Å²) in [5.74, 6) is 1.13. The Labute approximate surface area is 136 Å². The summed E-state index contributed by atoms with van der Waals surface area (Å²) in [6.07, 6.45) is 0. The second-order valence-electron chi connectivity index (χ2n) is 5.18. The van der Waals surface area contributed by atoms with Crippen LogP contribution in [0, 0.1) is 5.41 Å². The largest absolute Gasteiger partial charge is 0.496 e. The van der Waals surface area contributed by atoms with Crippen molar-refractivity contribution in [3.05, 3.63) is 21.1 Å². The van der Waals surface area contributed by atoms with Gasteiger partial charge in [0.25, 0.3) is 0 Å². The van der Waals surface area contributed by atoms with Crippen molar-refractivity contribution >= 4 is 41.9 Å². The first-order valence-electron chi connectivity index (χ1n) is 5.70. The molecule has 0 unspecified atom stereocenters. The Balaban J connectivity index is 2.82. The highest BCUT2D eigenvalue weighted by atomic mass is 79.9. The van der Waals surface area contributed by atoms with Crippen molar-refractivity contribution in [2.24, 2.45) is 10.6 Å².